The number of carbonyl (C=O) groups excluding carboxylic acids is 2. The molecule has 0 saturated carbocycles. The van der Waals surface area contributed by atoms with Gasteiger partial charge in [-0.05, 0) is 88.2 Å². The first-order valence-electron chi connectivity index (χ1n) is 10.9. The maximum atomic E-state index is 12.9. The lowest BCUT2D eigenvalue weighted by molar-refractivity contribution is -0.143. The first-order chi connectivity index (χ1) is 14.8. The minimum Gasteiger partial charge on any atom is -0.494 e. The van der Waals surface area contributed by atoms with Crippen molar-refractivity contribution >= 4 is 17.5 Å². The molecule has 6 nitrogen and oxygen atoms in total. The fourth-order valence-corrected chi connectivity index (χ4v) is 3.85. The molecule has 166 valence electrons. The van der Waals surface area contributed by atoms with Gasteiger partial charge in [-0.25, -0.2) is 0 Å². The van der Waals surface area contributed by atoms with Gasteiger partial charge in [0.15, 0.2) is 0 Å². The van der Waals surface area contributed by atoms with Crippen LogP contribution >= 0.6 is 0 Å². The highest BCUT2D eigenvalue weighted by Gasteiger charge is 2.33. The Bertz CT molecular complexity index is 909. The molecule has 1 N–H and O–H groups in total. The first-order valence-corrected chi connectivity index (χ1v) is 10.9. The van der Waals surface area contributed by atoms with Crippen LogP contribution in [0.15, 0.2) is 42.5 Å². The van der Waals surface area contributed by atoms with Crippen molar-refractivity contribution in [3.63, 3.8) is 0 Å². The monoisotopic (exact) mass is 423 g/mol. The van der Waals surface area contributed by atoms with Gasteiger partial charge in [0.1, 0.15) is 5.75 Å². The van der Waals surface area contributed by atoms with Gasteiger partial charge in [0.05, 0.1) is 12.6 Å². The predicted molar refractivity (Wildman–Crippen MR) is 123 cm³/mol. The molecule has 1 aliphatic heterocycles. The predicted octanol–water partition coefficient (Wildman–Crippen LogP) is 3.94. The zero-order chi connectivity index (χ0) is 22.4. The molecule has 1 fully saturated rings. The molecule has 1 saturated heterocycles. The quantitative estimate of drug-likeness (QED) is 0.541. The Labute approximate surface area is 185 Å². The number of hydrogen-bond acceptors (Lipinski definition) is 4. The number of amides is 2. The van der Waals surface area contributed by atoms with Crippen LogP contribution in [0.5, 0.6) is 5.75 Å². The summed E-state index contributed by atoms with van der Waals surface area (Å²) in [6.07, 6.45) is 2.72. The van der Waals surface area contributed by atoms with Gasteiger partial charge in [-0.1, -0.05) is 18.2 Å². The number of carbonyl (C=O) groups is 2. The van der Waals surface area contributed by atoms with Gasteiger partial charge in [0.25, 0.3) is 0 Å². The van der Waals surface area contributed by atoms with E-state index >= 15 is 0 Å². The van der Waals surface area contributed by atoms with Crippen LogP contribution in [0.2, 0.25) is 0 Å². The highest BCUT2D eigenvalue weighted by atomic mass is 16.5. The summed E-state index contributed by atoms with van der Waals surface area (Å²) in [5, 5.41) is 2.73. The van der Waals surface area contributed by atoms with Crippen molar-refractivity contribution in [3.8, 4) is 5.75 Å². The third kappa shape index (κ3) is 6.07. The summed E-state index contributed by atoms with van der Waals surface area (Å²) in [5.74, 6) is -0.336. The number of aryl methyl sites for hydroxylation is 2. The van der Waals surface area contributed by atoms with Crippen molar-refractivity contribution in [2.45, 2.75) is 39.2 Å². The van der Waals surface area contributed by atoms with E-state index < -0.39 is 11.8 Å². The van der Waals surface area contributed by atoms with Crippen LogP contribution in [-0.2, 0) is 9.59 Å². The summed E-state index contributed by atoms with van der Waals surface area (Å²) in [6.45, 7) is 6.35. The Morgan fingerprint density at radius 1 is 1.10 bits per heavy atom. The molecular formula is C25H33N3O3. The smallest absolute Gasteiger partial charge is 0.313 e. The van der Waals surface area contributed by atoms with Crippen molar-refractivity contribution in [2.24, 2.45) is 0 Å². The van der Waals surface area contributed by atoms with Crippen LogP contribution in [0.1, 0.15) is 42.0 Å². The third-order valence-electron chi connectivity index (χ3n) is 5.75. The van der Waals surface area contributed by atoms with Gasteiger partial charge >= 0.3 is 11.8 Å². The number of benzene rings is 2. The average Bonchev–Trinajstić information content (AvgIpc) is 3.23. The van der Waals surface area contributed by atoms with Crippen molar-refractivity contribution in [1.82, 2.24) is 9.80 Å². The van der Waals surface area contributed by atoms with Crippen LogP contribution in [0.4, 0.5) is 5.69 Å². The highest BCUT2D eigenvalue weighted by Crippen LogP contribution is 2.33. The zero-order valence-corrected chi connectivity index (χ0v) is 19.0. The van der Waals surface area contributed by atoms with E-state index in [-0.39, 0.29) is 6.04 Å². The van der Waals surface area contributed by atoms with Crippen LogP contribution in [-0.4, -0.2) is 55.4 Å². The molecule has 1 aliphatic rings. The topological polar surface area (TPSA) is 61.9 Å². The van der Waals surface area contributed by atoms with Crippen molar-refractivity contribution < 1.29 is 14.3 Å². The Hall–Kier alpha value is -2.86. The molecule has 2 amide bonds. The average molecular weight is 424 g/mol. The molecule has 1 unspecified atom stereocenters. The van der Waals surface area contributed by atoms with Gasteiger partial charge in [0.2, 0.25) is 0 Å². The normalized spacial score (nSPS) is 15.9. The Morgan fingerprint density at radius 2 is 1.84 bits per heavy atom. The van der Waals surface area contributed by atoms with E-state index in [1.165, 1.54) is 11.1 Å². The fraction of sp³-hybridized carbons (Fsp3) is 0.440. The minimum atomic E-state index is -0.601. The Morgan fingerprint density at radius 3 is 2.52 bits per heavy atom. The lowest BCUT2D eigenvalue weighted by Gasteiger charge is -2.25. The summed E-state index contributed by atoms with van der Waals surface area (Å²) in [5.41, 5.74) is 4.10. The molecule has 0 aliphatic carbocycles. The van der Waals surface area contributed by atoms with Crippen LogP contribution < -0.4 is 10.1 Å². The molecule has 2 aromatic rings. The Balaban J connectivity index is 1.57. The van der Waals surface area contributed by atoms with E-state index in [9.17, 15) is 9.59 Å². The summed E-state index contributed by atoms with van der Waals surface area (Å²) in [6, 6.07) is 13.4. The molecule has 1 atom stereocenters. The second-order valence-electron chi connectivity index (χ2n) is 8.48. The van der Waals surface area contributed by atoms with E-state index in [1.807, 2.05) is 26.2 Å². The zero-order valence-electron chi connectivity index (χ0n) is 19.0. The standard InChI is InChI=1S/C25H33N3O3/c1-18-8-9-20(17-19(18)2)23-7-5-15-28(23)25(30)24(29)26-21-10-12-22(13-11-21)31-16-6-14-27(3)4/h8-13,17,23H,5-7,14-16H2,1-4H3,(H,26,29). The highest BCUT2D eigenvalue weighted by molar-refractivity contribution is 6.39. The maximum Gasteiger partial charge on any atom is 0.313 e. The Kier molecular flexibility index (Phi) is 7.69. The molecule has 31 heavy (non-hydrogen) atoms. The molecule has 0 spiro atoms. The van der Waals surface area contributed by atoms with Crippen molar-refractivity contribution in [1.29, 1.82) is 0 Å². The van der Waals surface area contributed by atoms with Gasteiger partial charge in [0, 0.05) is 18.8 Å². The molecule has 2 aromatic carbocycles. The number of hydrogen-bond donors (Lipinski definition) is 1. The molecule has 3 rings (SSSR count). The van der Waals surface area contributed by atoms with E-state index in [1.54, 1.807) is 17.0 Å². The van der Waals surface area contributed by atoms with E-state index in [0.717, 1.165) is 37.1 Å². The summed E-state index contributed by atoms with van der Waals surface area (Å²) >= 11 is 0. The van der Waals surface area contributed by atoms with Gasteiger partial charge in [-0.3, -0.25) is 9.59 Å². The summed E-state index contributed by atoms with van der Waals surface area (Å²) < 4.78 is 5.71. The van der Waals surface area contributed by atoms with E-state index in [4.69, 9.17) is 4.74 Å². The lowest BCUT2D eigenvalue weighted by Crippen LogP contribution is -2.39. The number of nitrogens with zero attached hydrogens (tertiary/aromatic N) is 2. The fourth-order valence-electron chi connectivity index (χ4n) is 3.85. The number of ether oxygens (including phenoxy) is 1. The third-order valence-corrected chi connectivity index (χ3v) is 5.75. The van der Waals surface area contributed by atoms with Crippen LogP contribution in [0, 0.1) is 13.8 Å². The number of likely N-dealkylation sites (tertiary alicyclic amines) is 1. The van der Waals surface area contributed by atoms with Gasteiger partial charge in [-0.15, -0.1) is 0 Å². The SMILES string of the molecule is Cc1ccc(C2CCCN2C(=O)C(=O)Nc2ccc(OCCCN(C)C)cc2)cc1C. The molecule has 6 heteroatoms. The van der Waals surface area contributed by atoms with Crippen molar-refractivity contribution in [3.05, 3.63) is 59.2 Å². The molecule has 1 heterocycles. The maximum absolute atomic E-state index is 12.9. The number of nitrogens with one attached hydrogen (secondary N) is 1. The van der Waals surface area contributed by atoms with Crippen LogP contribution in [0.3, 0.4) is 0 Å². The molecular weight excluding hydrogens is 390 g/mol. The summed E-state index contributed by atoms with van der Waals surface area (Å²) in [4.78, 5) is 29.3. The lowest BCUT2D eigenvalue weighted by atomic mass is 9.99. The summed E-state index contributed by atoms with van der Waals surface area (Å²) in [7, 11) is 4.07. The molecule has 0 aromatic heterocycles. The van der Waals surface area contributed by atoms with E-state index in [0.29, 0.717) is 18.8 Å². The number of anilines is 1. The second-order valence-corrected chi connectivity index (χ2v) is 8.48. The van der Waals surface area contributed by atoms with E-state index in [2.05, 4.69) is 42.3 Å². The first kappa shape index (κ1) is 22.8. The van der Waals surface area contributed by atoms with Crippen molar-refractivity contribution in [2.75, 3.05) is 39.1 Å². The largest absolute Gasteiger partial charge is 0.494 e. The minimum absolute atomic E-state index is 0.0458. The number of rotatable bonds is 7. The molecule has 0 radical (unpaired) electrons. The molecule has 0 bridgehead atoms. The van der Waals surface area contributed by atoms with Gasteiger partial charge in [-0.2, -0.15) is 0 Å². The van der Waals surface area contributed by atoms with Gasteiger partial charge < -0.3 is 19.9 Å². The van der Waals surface area contributed by atoms with Crippen LogP contribution in [0.25, 0.3) is 0 Å². The second kappa shape index (κ2) is 10.4.